The topological polar surface area (TPSA) is 60.9 Å². The molecule has 20 heavy (non-hydrogen) atoms. The maximum Gasteiger partial charge on any atom is 0.170 e. The van der Waals surface area contributed by atoms with E-state index in [1.807, 2.05) is 31.2 Å². The lowest BCUT2D eigenvalue weighted by Gasteiger charge is -2.02. The summed E-state index contributed by atoms with van der Waals surface area (Å²) >= 11 is 5.91. The van der Waals surface area contributed by atoms with Crippen LogP contribution in [0, 0.1) is 6.92 Å². The first kappa shape index (κ1) is 11.4. The van der Waals surface area contributed by atoms with E-state index >= 15 is 0 Å². The van der Waals surface area contributed by atoms with E-state index in [0.717, 1.165) is 22.4 Å². The van der Waals surface area contributed by atoms with E-state index < -0.39 is 0 Å². The van der Waals surface area contributed by atoms with Crippen LogP contribution in [0.5, 0.6) is 0 Å². The van der Waals surface area contributed by atoms with Gasteiger partial charge in [0, 0.05) is 5.02 Å². The quantitative estimate of drug-likeness (QED) is 0.538. The molecule has 0 unspecified atom stereocenters. The smallest absolute Gasteiger partial charge is 0.170 e. The molecule has 0 aliphatic rings. The van der Waals surface area contributed by atoms with Crippen molar-refractivity contribution in [2.75, 3.05) is 0 Å². The van der Waals surface area contributed by atoms with E-state index in [0.29, 0.717) is 10.8 Å². The Bertz CT molecular complexity index is 921. The van der Waals surface area contributed by atoms with Crippen molar-refractivity contribution in [1.29, 1.82) is 0 Å². The monoisotopic (exact) mass is 284 g/mol. The lowest BCUT2D eigenvalue weighted by atomic mass is 10.3. The van der Waals surface area contributed by atoms with Crippen molar-refractivity contribution in [2.45, 2.75) is 6.92 Å². The first-order chi connectivity index (χ1) is 9.72. The van der Waals surface area contributed by atoms with Gasteiger partial charge in [0.05, 0.1) is 17.3 Å². The summed E-state index contributed by atoms with van der Waals surface area (Å²) in [5.74, 6) is 0.707. The third kappa shape index (κ3) is 1.58. The Labute approximate surface area is 118 Å². The van der Waals surface area contributed by atoms with Crippen LogP contribution >= 0.6 is 11.6 Å². The molecule has 0 aliphatic heterocycles. The summed E-state index contributed by atoms with van der Waals surface area (Å²) in [4.78, 5) is 8.81. The van der Waals surface area contributed by atoms with E-state index in [-0.39, 0.29) is 0 Å². The molecule has 3 heterocycles. The van der Waals surface area contributed by atoms with Gasteiger partial charge in [-0.2, -0.15) is 10.2 Å². The largest absolute Gasteiger partial charge is 0.216 e. The fraction of sp³-hybridized carbons (Fsp3) is 0.0769. The molecule has 98 valence electrons. The zero-order valence-electron chi connectivity index (χ0n) is 10.5. The minimum Gasteiger partial charge on any atom is -0.216 e. The number of halogens is 1. The standard InChI is InChI=1S/C13H9ClN6/c1-8-17-13-11-6-16-20(10-4-2-9(14)3-5-10)12(11)15-7-19(13)18-8/h2-7H,1H3. The number of hydrogen-bond donors (Lipinski definition) is 0. The summed E-state index contributed by atoms with van der Waals surface area (Å²) in [6.07, 6.45) is 3.39. The molecule has 0 spiro atoms. The second kappa shape index (κ2) is 4.01. The van der Waals surface area contributed by atoms with Crippen LogP contribution in [0.4, 0.5) is 0 Å². The van der Waals surface area contributed by atoms with Crippen LogP contribution in [0.15, 0.2) is 36.8 Å². The molecule has 0 amide bonds. The predicted molar refractivity (Wildman–Crippen MR) is 75.2 cm³/mol. The van der Waals surface area contributed by atoms with Crippen molar-refractivity contribution < 1.29 is 0 Å². The molecule has 0 saturated heterocycles. The lowest BCUT2D eigenvalue weighted by Crippen LogP contribution is -1.98. The molecule has 7 heteroatoms. The van der Waals surface area contributed by atoms with Crippen LogP contribution < -0.4 is 0 Å². The van der Waals surface area contributed by atoms with Gasteiger partial charge < -0.3 is 0 Å². The summed E-state index contributed by atoms with van der Waals surface area (Å²) in [5, 5.41) is 10.2. The highest BCUT2D eigenvalue weighted by atomic mass is 35.5. The lowest BCUT2D eigenvalue weighted by molar-refractivity contribution is 0.876. The summed E-state index contributed by atoms with van der Waals surface area (Å²) in [7, 11) is 0. The van der Waals surface area contributed by atoms with Crippen LogP contribution in [-0.2, 0) is 0 Å². The van der Waals surface area contributed by atoms with E-state index in [9.17, 15) is 0 Å². The molecular weight excluding hydrogens is 276 g/mol. The molecule has 0 radical (unpaired) electrons. The number of aryl methyl sites for hydroxylation is 1. The van der Waals surface area contributed by atoms with Crippen molar-refractivity contribution in [3.8, 4) is 5.69 Å². The van der Waals surface area contributed by atoms with E-state index in [1.165, 1.54) is 0 Å². The van der Waals surface area contributed by atoms with E-state index in [2.05, 4.69) is 20.2 Å². The van der Waals surface area contributed by atoms with Gasteiger partial charge in [0.25, 0.3) is 0 Å². The van der Waals surface area contributed by atoms with Gasteiger partial charge in [-0.1, -0.05) is 11.6 Å². The number of aromatic nitrogens is 6. The van der Waals surface area contributed by atoms with E-state index in [1.54, 1.807) is 21.7 Å². The molecule has 0 aliphatic carbocycles. The maximum atomic E-state index is 5.91. The Hall–Kier alpha value is -2.47. The molecular formula is C13H9ClN6. The van der Waals surface area contributed by atoms with E-state index in [4.69, 9.17) is 11.6 Å². The Kier molecular flexibility index (Phi) is 2.28. The minimum absolute atomic E-state index is 0.689. The zero-order chi connectivity index (χ0) is 13.7. The summed E-state index contributed by atoms with van der Waals surface area (Å²) in [6, 6.07) is 7.44. The molecule has 3 aromatic heterocycles. The molecule has 0 N–H and O–H groups in total. The predicted octanol–water partition coefficient (Wildman–Crippen LogP) is 2.43. The molecule has 6 nitrogen and oxygen atoms in total. The number of fused-ring (bicyclic) bond motifs is 3. The zero-order valence-corrected chi connectivity index (χ0v) is 11.3. The molecule has 0 fully saturated rings. The van der Waals surface area contributed by atoms with Gasteiger partial charge in [0.15, 0.2) is 11.3 Å². The highest BCUT2D eigenvalue weighted by molar-refractivity contribution is 6.30. The van der Waals surface area contributed by atoms with Gasteiger partial charge in [-0.05, 0) is 31.2 Å². The van der Waals surface area contributed by atoms with Crippen LogP contribution in [0.25, 0.3) is 22.4 Å². The number of benzene rings is 1. The van der Waals surface area contributed by atoms with Gasteiger partial charge >= 0.3 is 0 Å². The summed E-state index contributed by atoms with van der Waals surface area (Å²) < 4.78 is 3.42. The Morgan fingerprint density at radius 1 is 1.10 bits per heavy atom. The van der Waals surface area contributed by atoms with Crippen LogP contribution in [0.2, 0.25) is 5.02 Å². The number of hydrogen-bond acceptors (Lipinski definition) is 4. The molecule has 0 saturated carbocycles. The second-order valence-electron chi connectivity index (χ2n) is 4.44. The first-order valence-electron chi connectivity index (χ1n) is 6.04. The first-order valence-corrected chi connectivity index (χ1v) is 6.42. The average molecular weight is 285 g/mol. The number of nitrogens with zero attached hydrogens (tertiary/aromatic N) is 6. The van der Waals surface area contributed by atoms with Gasteiger partial charge in [0.2, 0.25) is 0 Å². The Morgan fingerprint density at radius 3 is 2.70 bits per heavy atom. The summed E-state index contributed by atoms with van der Waals surface area (Å²) in [6.45, 7) is 1.85. The van der Waals surface area contributed by atoms with Gasteiger partial charge in [-0.3, -0.25) is 0 Å². The van der Waals surface area contributed by atoms with Crippen molar-refractivity contribution in [1.82, 2.24) is 29.4 Å². The third-order valence-corrected chi connectivity index (χ3v) is 3.33. The normalized spacial score (nSPS) is 11.5. The number of rotatable bonds is 1. The van der Waals surface area contributed by atoms with Crippen molar-refractivity contribution in [3.05, 3.63) is 47.6 Å². The Balaban J connectivity index is 2.01. The summed E-state index contributed by atoms with van der Waals surface area (Å²) in [5.41, 5.74) is 2.40. The highest BCUT2D eigenvalue weighted by Crippen LogP contribution is 2.20. The molecule has 4 rings (SSSR count). The minimum atomic E-state index is 0.689. The van der Waals surface area contributed by atoms with Crippen molar-refractivity contribution in [2.24, 2.45) is 0 Å². The molecule has 4 aromatic rings. The molecule has 0 atom stereocenters. The van der Waals surface area contributed by atoms with Gasteiger partial charge in [0.1, 0.15) is 12.2 Å². The SMILES string of the molecule is Cc1nc2c3cnn(-c4ccc(Cl)cc4)c3ncn2n1. The maximum absolute atomic E-state index is 5.91. The highest BCUT2D eigenvalue weighted by Gasteiger charge is 2.12. The molecule has 1 aromatic carbocycles. The van der Waals surface area contributed by atoms with Gasteiger partial charge in [-0.25, -0.2) is 19.2 Å². The van der Waals surface area contributed by atoms with Crippen LogP contribution in [0.1, 0.15) is 5.82 Å². The Morgan fingerprint density at radius 2 is 1.90 bits per heavy atom. The third-order valence-electron chi connectivity index (χ3n) is 3.08. The average Bonchev–Trinajstić information content (AvgIpc) is 3.01. The fourth-order valence-corrected chi connectivity index (χ4v) is 2.32. The van der Waals surface area contributed by atoms with Gasteiger partial charge in [-0.15, -0.1) is 0 Å². The van der Waals surface area contributed by atoms with Crippen molar-refractivity contribution >= 4 is 28.3 Å². The van der Waals surface area contributed by atoms with Crippen molar-refractivity contribution in [3.63, 3.8) is 0 Å². The molecule has 0 bridgehead atoms. The fourth-order valence-electron chi connectivity index (χ4n) is 2.20. The second-order valence-corrected chi connectivity index (χ2v) is 4.88. The van der Waals surface area contributed by atoms with Crippen LogP contribution in [-0.4, -0.2) is 29.4 Å². The van der Waals surface area contributed by atoms with Crippen LogP contribution in [0.3, 0.4) is 0 Å².